The first-order valence-corrected chi connectivity index (χ1v) is 5.86. The van der Waals surface area contributed by atoms with Gasteiger partial charge in [0.05, 0.1) is 17.4 Å². The number of aromatic nitrogens is 1. The zero-order valence-corrected chi connectivity index (χ0v) is 10.1. The Kier molecular flexibility index (Phi) is 3.47. The van der Waals surface area contributed by atoms with Gasteiger partial charge in [0.25, 0.3) is 5.91 Å². The summed E-state index contributed by atoms with van der Waals surface area (Å²) in [7, 11) is 0. The number of hydrogen-bond donors (Lipinski definition) is 2. The SMILES string of the molecule is NC(=O)c1cc(Sc2ccc(F)cc2)ncc1N. The fourth-order valence-corrected chi connectivity index (χ4v) is 2.14. The van der Waals surface area contributed by atoms with Crippen LogP contribution in [-0.2, 0) is 0 Å². The van der Waals surface area contributed by atoms with Crippen molar-refractivity contribution < 1.29 is 9.18 Å². The number of nitrogens with zero attached hydrogens (tertiary/aromatic N) is 1. The highest BCUT2D eigenvalue weighted by molar-refractivity contribution is 7.99. The maximum absolute atomic E-state index is 12.7. The number of amides is 1. The van der Waals surface area contributed by atoms with Gasteiger partial charge in [-0.15, -0.1) is 0 Å². The van der Waals surface area contributed by atoms with Crippen LogP contribution in [0.25, 0.3) is 0 Å². The molecular weight excluding hydrogens is 253 g/mol. The van der Waals surface area contributed by atoms with E-state index in [2.05, 4.69) is 4.98 Å². The third-order valence-corrected chi connectivity index (χ3v) is 3.15. The molecule has 0 fully saturated rings. The molecule has 18 heavy (non-hydrogen) atoms. The quantitative estimate of drug-likeness (QED) is 0.888. The van der Waals surface area contributed by atoms with Crippen LogP contribution in [0.2, 0.25) is 0 Å². The summed E-state index contributed by atoms with van der Waals surface area (Å²) in [6, 6.07) is 7.49. The van der Waals surface area contributed by atoms with Crippen LogP contribution in [0.1, 0.15) is 10.4 Å². The molecular formula is C12H10FN3OS. The average Bonchev–Trinajstić information content (AvgIpc) is 2.34. The second-order valence-corrected chi connectivity index (χ2v) is 4.62. The van der Waals surface area contributed by atoms with Crippen molar-refractivity contribution in [1.82, 2.24) is 4.98 Å². The molecule has 0 atom stereocenters. The van der Waals surface area contributed by atoms with Crippen molar-refractivity contribution in [1.29, 1.82) is 0 Å². The van der Waals surface area contributed by atoms with Crippen molar-refractivity contribution in [3.8, 4) is 0 Å². The van der Waals surface area contributed by atoms with E-state index in [9.17, 15) is 9.18 Å². The second kappa shape index (κ2) is 5.05. The van der Waals surface area contributed by atoms with E-state index in [0.29, 0.717) is 5.03 Å². The zero-order valence-electron chi connectivity index (χ0n) is 9.26. The summed E-state index contributed by atoms with van der Waals surface area (Å²) in [5, 5.41) is 0.574. The monoisotopic (exact) mass is 263 g/mol. The van der Waals surface area contributed by atoms with Crippen molar-refractivity contribution in [3.63, 3.8) is 0 Å². The molecule has 4 N–H and O–H groups in total. The fraction of sp³-hybridized carbons (Fsp3) is 0. The first-order valence-electron chi connectivity index (χ1n) is 5.05. The van der Waals surface area contributed by atoms with Crippen LogP contribution in [0.15, 0.2) is 46.5 Å². The molecule has 0 aliphatic carbocycles. The Morgan fingerprint density at radius 3 is 2.56 bits per heavy atom. The zero-order chi connectivity index (χ0) is 13.1. The highest BCUT2D eigenvalue weighted by atomic mass is 32.2. The van der Waals surface area contributed by atoms with Gasteiger partial charge in [-0.05, 0) is 30.3 Å². The molecule has 0 aliphatic heterocycles. The molecule has 6 heteroatoms. The van der Waals surface area contributed by atoms with E-state index in [1.54, 1.807) is 12.1 Å². The van der Waals surface area contributed by atoms with Crippen molar-refractivity contribution in [2.45, 2.75) is 9.92 Å². The molecule has 0 radical (unpaired) electrons. The largest absolute Gasteiger partial charge is 0.397 e. The number of halogens is 1. The summed E-state index contributed by atoms with van der Waals surface area (Å²) in [4.78, 5) is 16.0. The molecule has 0 bridgehead atoms. The minimum absolute atomic E-state index is 0.231. The molecule has 0 unspecified atom stereocenters. The maximum atomic E-state index is 12.7. The Morgan fingerprint density at radius 1 is 1.28 bits per heavy atom. The van der Waals surface area contributed by atoms with Gasteiger partial charge in [0.2, 0.25) is 0 Å². The van der Waals surface area contributed by atoms with Gasteiger partial charge in [-0.25, -0.2) is 9.37 Å². The molecule has 1 aromatic heterocycles. The van der Waals surface area contributed by atoms with Crippen molar-refractivity contribution in [2.75, 3.05) is 5.73 Å². The molecule has 4 nitrogen and oxygen atoms in total. The highest BCUT2D eigenvalue weighted by Crippen LogP contribution is 2.27. The molecule has 2 aromatic rings. The van der Waals surface area contributed by atoms with E-state index in [4.69, 9.17) is 11.5 Å². The molecule has 1 heterocycles. The number of carbonyl (C=O) groups excluding carboxylic acids is 1. The van der Waals surface area contributed by atoms with Crippen molar-refractivity contribution in [2.24, 2.45) is 5.73 Å². The van der Waals surface area contributed by atoms with Crippen LogP contribution in [0, 0.1) is 5.82 Å². The maximum Gasteiger partial charge on any atom is 0.250 e. The first kappa shape index (κ1) is 12.4. The van der Waals surface area contributed by atoms with Gasteiger partial charge in [-0.3, -0.25) is 4.79 Å². The van der Waals surface area contributed by atoms with Gasteiger partial charge < -0.3 is 11.5 Å². The molecule has 0 saturated carbocycles. The van der Waals surface area contributed by atoms with Crippen molar-refractivity contribution >= 4 is 23.4 Å². The average molecular weight is 263 g/mol. The van der Waals surface area contributed by atoms with Gasteiger partial charge in [0, 0.05) is 4.90 Å². The van der Waals surface area contributed by atoms with E-state index in [1.807, 2.05) is 0 Å². The molecule has 1 amide bonds. The van der Waals surface area contributed by atoms with Gasteiger partial charge in [0.1, 0.15) is 10.8 Å². The van der Waals surface area contributed by atoms with E-state index < -0.39 is 5.91 Å². The second-order valence-electron chi connectivity index (χ2n) is 3.53. The van der Waals surface area contributed by atoms with Gasteiger partial charge >= 0.3 is 0 Å². The summed E-state index contributed by atoms with van der Waals surface area (Å²) in [5.41, 5.74) is 11.2. The number of hydrogen-bond acceptors (Lipinski definition) is 4. The standard InChI is InChI=1S/C12H10FN3OS/c13-7-1-3-8(4-2-7)18-11-5-9(12(15)17)10(14)6-16-11/h1-6H,14H2,(H2,15,17). The number of nitrogens with two attached hydrogens (primary N) is 2. The third-order valence-electron chi connectivity index (χ3n) is 2.21. The number of primary amides is 1. The molecule has 92 valence electrons. The Balaban J connectivity index is 2.27. The number of benzene rings is 1. The van der Waals surface area contributed by atoms with Crippen LogP contribution in [0.3, 0.4) is 0 Å². The van der Waals surface area contributed by atoms with Gasteiger partial charge in [-0.2, -0.15) is 0 Å². The van der Waals surface area contributed by atoms with Crippen LogP contribution >= 0.6 is 11.8 Å². The minimum atomic E-state index is -0.601. The molecule has 0 aliphatic rings. The normalized spacial score (nSPS) is 10.3. The van der Waals surface area contributed by atoms with E-state index in [0.717, 1.165) is 4.90 Å². The van der Waals surface area contributed by atoms with Gasteiger partial charge in [0.15, 0.2) is 0 Å². The lowest BCUT2D eigenvalue weighted by Crippen LogP contribution is -2.13. The molecule has 1 aromatic carbocycles. The Bertz CT molecular complexity index is 586. The van der Waals surface area contributed by atoms with Crippen LogP contribution in [0.5, 0.6) is 0 Å². The topological polar surface area (TPSA) is 82.0 Å². The number of anilines is 1. The summed E-state index contributed by atoms with van der Waals surface area (Å²) in [6.45, 7) is 0. The van der Waals surface area contributed by atoms with E-state index >= 15 is 0 Å². The third kappa shape index (κ3) is 2.78. The fourth-order valence-electron chi connectivity index (χ4n) is 1.34. The lowest BCUT2D eigenvalue weighted by atomic mass is 10.2. The summed E-state index contributed by atoms with van der Waals surface area (Å²) >= 11 is 1.30. The summed E-state index contributed by atoms with van der Waals surface area (Å²) < 4.78 is 12.7. The van der Waals surface area contributed by atoms with E-state index in [1.165, 1.54) is 36.2 Å². The number of nitrogen functional groups attached to an aromatic ring is 1. The summed E-state index contributed by atoms with van der Waals surface area (Å²) in [5.74, 6) is -0.904. The van der Waals surface area contributed by atoms with Crippen LogP contribution in [-0.4, -0.2) is 10.9 Å². The van der Waals surface area contributed by atoms with Crippen LogP contribution in [0.4, 0.5) is 10.1 Å². The number of rotatable bonds is 3. The minimum Gasteiger partial charge on any atom is -0.397 e. The lowest BCUT2D eigenvalue weighted by molar-refractivity contribution is 0.100. The molecule has 0 spiro atoms. The van der Waals surface area contributed by atoms with Crippen molar-refractivity contribution in [3.05, 3.63) is 47.9 Å². The van der Waals surface area contributed by atoms with Gasteiger partial charge in [-0.1, -0.05) is 11.8 Å². The van der Waals surface area contributed by atoms with E-state index in [-0.39, 0.29) is 17.1 Å². The predicted molar refractivity (Wildman–Crippen MR) is 67.7 cm³/mol. The molecule has 0 saturated heterocycles. The first-order chi connectivity index (χ1) is 8.56. The predicted octanol–water partition coefficient (Wildman–Crippen LogP) is 2.05. The Labute approximate surface area is 107 Å². The Morgan fingerprint density at radius 2 is 1.94 bits per heavy atom. The number of carbonyl (C=O) groups is 1. The lowest BCUT2D eigenvalue weighted by Gasteiger charge is -2.04. The molecule has 2 rings (SSSR count). The Hall–Kier alpha value is -2.08. The summed E-state index contributed by atoms with van der Waals surface area (Å²) in [6.07, 6.45) is 1.38. The smallest absolute Gasteiger partial charge is 0.250 e. The highest BCUT2D eigenvalue weighted by Gasteiger charge is 2.08. The number of pyridine rings is 1. The van der Waals surface area contributed by atoms with Crippen LogP contribution < -0.4 is 11.5 Å².